The van der Waals surface area contributed by atoms with Crippen LogP contribution in [0, 0.1) is 5.82 Å². The predicted octanol–water partition coefficient (Wildman–Crippen LogP) is 3.48. The Morgan fingerprint density at radius 3 is 2.16 bits per heavy atom. The van der Waals surface area contributed by atoms with E-state index >= 15 is 0 Å². The number of nitrogens with zero attached hydrogens (tertiary/aromatic N) is 5. The molecule has 0 radical (unpaired) electrons. The number of anilines is 1. The monoisotopic (exact) mass is 609 g/mol. The van der Waals surface area contributed by atoms with Gasteiger partial charge in [-0.1, -0.05) is 36.4 Å². The van der Waals surface area contributed by atoms with Gasteiger partial charge >= 0.3 is 17.9 Å². The number of aryl methyl sites for hydroxylation is 1. The summed E-state index contributed by atoms with van der Waals surface area (Å²) in [7, 11) is 4.03. The molecule has 4 N–H and O–H groups in total. The highest BCUT2D eigenvalue weighted by Gasteiger charge is 2.40. The molecule has 234 valence electrons. The van der Waals surface area contributed by atoms with E-state index in [4.69, 9.17) is 25.4 Å². The molecule has 2 aromatic carbocycles. The zero-order valence-corrected chi connectivity index (χ0v) is 24.5. The Kier molecular flexibility index (Phi) is 11.9. The van der Waals surface area contributed by atoms with Gasteiger partial charge in [-0.15, -0.1) is 0 Å². The Morgan fingerprint density at radius 2 is 1.57 bits per heavy atom. The summed E-state index contributed by atoms with van der Waals surface area (Å²) >= 11 is 0. The summed E-state index contributed by atoms with van der Waals surface area (Å²) in [4.78, 5) is 43.8. The lowest BCUT2D eigenvalue weighted by atomic mass is 9.96. The summed E-state index contributed by atoms with van der Waals surface area (Å²) in [5, 5.41) is 34.9. The van der Waals surface area contributed by atoms with E-state index < -0.39 is 36.4 Å². The molecule has 0 saturated carbocycles. The van der Waals surface area contributed by atoms with Gasteiger partial charge in [-0.2, -0.15) is 0 Å². The quantitative estimate of drug-likeness (QED) is 0.165. The number of aliphatic hydroxyl groups is 1. The van der Waals surface area contributed by atoms with Crippen LogP contribution in [0.15, 0.2) is 73.3 Å². The van der Waals surface area contributed by atoms with Crippen molar-refractivity contribution in [3.8, 4) is 0 Å². The third-order valence-electron chi connectivity index (χ3n) is 6.68. The van der Waals surface area contributed by atoms with Gasteiger partial charge in [0.25, 0.3) is 0 Å². The maximum atomic E-state index is 14.4. The van der Waals surface area contributed by atoms with Crippen molar-refractivity contribution in [3.63, 3.8) is 0 Å². The first-order valence-corrected chi connectivity index (χ1v) is 13.7. The van der Waals surface area contributed by atoms with E-state index in [9.17, 15) is 18.8 Å². The first kappa shape index (κ1) is 33.6. The van der Waals surface area contributed by atoms with Crippen LogP contribution >= 0.6 is 0 Å². The number of para-hydroxylation sites is 1. The summed E-state index contributed by atoms with van der Waals surface area (Å²) in [5.74, 6) is -4.23. The Labute approximate surface area is 253 Å². The molecule has 4 aromatic rings. The number of halogens is 1. The van der Waals surface area contributed by atoms with Crippen molar-refractivity contribution in [2.45, 2.75) is 44.5 Å². The summed E-state index contributed by atoms with van der Waals surface area (Å²) in [6.07, 6.45) is 4.25. The third kappa shape index (κ3) is 9.85. The molecule has 44 heavy (non-hydrogen) atoms. The van der Waals surface area contributed by atoms with Crippen molar-refractivity contribution in [1.29, 1.82) is 0 Å². The SMILES string of the molecule is CN(C)c1nc2ccccc2cc1CN(CCCn1ccnc1)Cc1ccccc1F.O=C(O)CC(O)(CC(=O)O)C(=O)O. The van der Waals surface area contributed by atoms with Crippen LogP contribution in [0.25, 0.3) is 10.9 Å². The molecule has 13 heteroatoms. The minimum Gasteiger partial charge on any atom is -0.481 e. The maximum absolute atomic E-state index is 14.4. The van der Waals surface area contributed by atoms with E-state index in [-0.39, 0.29) is 5.82 Å². The van der Waals surface area contributed by atoms with Gasteiger partial charge in [0.1, 0.15) is 11.6 Å². The molecule has 0 saturated heterocycles. The van der Waals surface area contributed by atoms with Crippen LogP contribution in [-0.2, 0) is 34.0 Å². The van der Waals surface area contributed by atoms with E-state index in [1.165, 1.54) is 6.07 Å². The molecular weight excluding hydrogens is 573 g/mol. The van der Waals surface area contributed by atoms with Gasteiger partial charge < -0.3 is 29.9 Å². The second-order valence-electron chi connectivity index (χ2n) is 10.5. The lowest BCUT2D eigenvalue weighted by Crippen LogP contribution is -2.42. The van der Waals surface area contributed by atoms with Gasteiger partial charge in [0, 0.05) is 69.2 Å². The van der Waals surface area contributed by atoms with E-state index in [1.54, 1.807) is 12.3 Å². The van der Waals surface area contributed by atoms with Gasteiger partial charge in [-0.3, -0.25) is 14.5 Å². The molecule has 0 aliphatic heterocycles. The first-order chi connectivity index (χ1) is 20.9. The fraction of sp³-hybridized carbons (Fsp3) is 0.323. The van der Waals surface area contributed by atoms with Crippen molar-refractivity contribution in [3.05, 3.63) is 90.3 Å². The number of carbonyl (C=O) groups is 3. The number of pyridine rings is 1. The molecule has 0 fully saturated rings. The van der Waals surface area contributed by atoms with Crippen LogP contribution < -0.4 is 4.90 Å². The molecule has 0 unspecified atom stereocenters. The molecule has 0 amide bonds. The molecule has 0 aliphatic rings. The average Bonchev–Trinajstić information content (AvgIpc) is 3.47. The number of imidazole rings is 1. The number of hydrogen-bond acceptors (Lipinski definition) is 8. The Bertz CT molecular complexity index is 1550. The Balaban J connectivity index is 0.000000345. The molecule has 4 rings (SSSR count). The smallest absolute Gasteiger partial charge is 0.336 e. The topological polar surface area (TPSA) is 169 Å². The third-order valence-corrected chi connectivity index (χ3v) is 6.68. The minimum atomic E-state index is -2.74. The number of benzene rings is 2. The molecule has 0 spiro atoms. The van der Waals surface area contributed by atoms with Crippen molar-refractivity contribution in [1.82, 2.24) is 19.4 Å². The molecule has 2 heterocycles. The summed E-state index contributed by atoms with van der Waals surface area (Å²) < 4.78 is 16.5. The Hall–Kier alpha value is -4.88. The van der Waals surface area contributed by atoms with Gasteiger partial charge in [0.15, 0.2) is 5.60 Å². The molecule has 2 aromatic heterocycles. The van der Waals surface area contributed by atoms with E-state index in [0.717, 1.165) is 41.8 Å². The average molecular weight is 610 g/mol. The number of rotatable bonds is 14. The number of fused-ring (bicyclic) bond motifs is 1. The fourth-order valence-electron chi connectivity index (χ4n) is 4.59. The zero-order valence-electron chi connectivity index (χ0n) is 24.5. The highest BCUT2D eigenvalue weighted by Crippen LogP contribution is 2.25. The molecule has 12 nitrogen and oxygen atoms in total. The Morgan fingerprint density at radius 1 is 0.932 bits per heavy atom. The fourth-order valence-corrected chi connectivity index (χ4v) is 4.59. The molecule has 0 bridgehead atoms. The van der Waals surface area contributed by atoms with Crippen LogP contribution in [0.5, 0.6) is 0 Å². The molecular formula is C31H36FN5O7. The summed E-state index contributed by atoms with van der Waals surface area (Å²) in [5.41, 5.74) is 0.0983. The van der Waals surface area contributed by atoms with E-state index in [0.29, 0.717) is 18.7 Å². The standard InChI is InChI=1S/C25H28FN5.C6H8O7/c1-29(2)25-22(16-20-8-4-6-11-24(20)28-25)18-31(14-7-13-30-15-12-27-19-30)17-21-9-3-5-10-23(21)26;7-3(8)1-6(13,5(11)12)2-4(9)10/h3-6,8-12,15-16,19H,7,13-14,17-18H2,1-2H3;13H,1-2H2,(H,7,8)(H,9,10)(H,11,12). The number of aromatic nitrogens is 3. The lowest BCUT2D eigenvalue weighted by Gasteiger charge is -2.26. The largest absolute Gasteiger partial charge is 0.481 e. The van der Waals surface area contributed by atoms with Crippen LogP contribution in [0.1, 0.15) is 30.4 Å². The summed E-state index contributed by atoms with van der Waals surface area (Å²) in [6.45, 7) is 2.97. The first-order valence-electron chi connectivity index (χ1n) is 13.7. The number of carboxylic acid groups (broad SMARTS) is 3. The zero-order chi connectivity index (χ0) is 32.3. The number of aliphatic carboxylic acids is 3. The lowest BCUT2D eigenvalue weighted by molar-refractivity contribution is -0.170. The van der Waals surface area contributed by atoms with Gasteiger partial charge in [-0.05, 0) is 24.6 Å². The van der Waals surface area contributed by atoms with Gasteiger partial charge in [0.2, 0.25) is 0 Å². The number of carboxylic acids is 3. The van der Waals surface area contributed by atoms with Crippen molar-refractivity contribution < 1.29 is 39.2 Å². The van der Waals surface area contributed by atoms with Crippen LogP contribution in [0.3, 0.4) is 0 Å². The van der Waals surface area contributed by atoms with Gasteiger partial charge in [-0.25, -0.2) is 19.2 Å². The molecule has 0 aliphatic carbocycles. The maximum Gasteiger partial charge on any atom is 0.336 e. The predicted molar refractivity (Wildman–Crippen MR) is 161 cm³/mol. The minimum absolute atomic E-state index is 0.161. The summed E-state index contributed by atoms with van der Waals surface area (Å²) in [6, 6.07) is 17.4. The van der Waals surface area contributed by atoms with Crippen molar-refractivity contribution in [2.75, 3.05) is 25.5 Å². The molecule has 0 atom stereocenters. The van der Waals surface area contributed by atoms with E-state index in [1.807, 2.05) is 57.0 Å². The normalized spacial score (nSPS) is 11.2. The highest BCUT2D eigenvalue weighted by atomic mass is 19.1. The second-order valence-corrected chi connectivity index (χ2v) is 10.5. The van der Waals surface area contributed by atoms with Crippen LogP contribution in [0.4, 0.5) is 10.2 Å². The van der Waals surface area contributed by atoms with Gasteiger partial charge in [0.05, 0.1) is 24.7 Å². The van der Waals surface area contributed by atoms with Crippen molar-refractivity contribution >= 4 is 34.6 Å². The highest BCUT2D eigenvalue weighted by molar-refractivity contribution is 5.88. The van der Waals surface area contributed by atoms with Crippen LogP contribution in [-0.4, -0.2) is 84.0 Å². The van der Waals surface area contributed by atoms with Crippen LogP contribution in [0.2, 0.25) is 0 Å². The second kappa shape index (κ2) is 15.5. The van der Waals surface area contributed by atoms with Crippen molar-refractivity contribution in [2.24, 2.45) is 0 Å². The number of hydrogen-bond donors (Lipinski definition) is 4. The van der Waals surface area contributed by atoms with E-state index in [2.05, 4.69) is 31.5 Å².